The van der Waals surface area contributed by atoms with E-state index in [0.29, 0.717) is 11.3 Å². The number of hydrogen-bond donors (Lipinski definition) is 2. The fourth-order valence-corrected chi connectivity index (χ4v) is 3.69. The van der Waals surface area contributed by atoms with Crippen molar-refractivity contribution in [1.82, 2.24) is 4.90 Å². The number of amides is 1. The number of hydrogen-bond acceptors (Lipinski definition) is 4. The maximum atomic E-state index is 12.1. The monoisotopic (exact) mass is 342 g/mol. The zero-order valence-electron chi connectivity index (χ0n) is 13.5. The highest BCUT2D eigenvalue weighted by molar-refractivity contribution is 7.99. The van der Waals surface area contributed by atoms with Crippen molar-refractivity contribution in [2.45, 2.75) is 12.6 Å². The Bertz CT molecular complexity index is 655. The summed E-state index contributed by atoms with van der Waals surface area (Å²) < 4.78 is 0. The van der Waals surface area contributed by atoms with Gasteiger partial charge in [-0.3, -0.25) is 9.69 Å². The van der Waals surface area contributed by atoms with E-state index in [-0.39, 0.29) is 0 Å². The van der Waals surface area contributed by atoms with Gasteiger partial charge in [0.15, 0.2) is 6.10 Å². The van der Waals surface area contributed by atoms with Crippen molar-refractivity contribution in [3.05, 3.63) is 65.7 Å². The number of anilines is 1. The van der Waals surface area contributed by atoms with Gasteiger partial charge in [0.25, 0.3) is 5.91 Å². The Kier molecular flexibility index (Phi) is 5.91. The molecule has 1 atom stereocenters. The molecule has 0 radical (unpaired) electrons. The first-order valence-corrected chi connectivity index (χ1v) is 9.31. The van der Waals surface area contributed by atoms with Crippen molar-refractivity contribution in [2.75, 3.05) is 29.9 Å². The molecule has 0 spiro atoms. The minimum absolute atomic E-state index is 0.415. The van der Waals surface area contributed by atoms with Crippen LogP contribution in [0, 0.1) is 0 Å². The molecule has 0 saturated carbocycles. The molecular weight excluding hydrogens is 320 g/mol. The number of aliphatic hydroxyl groups excluding tert-OH is 1. The summed E-state index contributed by atoms with van der Waals surface area (Å²) in [4.78, 5) is 14.6. The van der Waals surface area contributed by atoms with Gasteiger partial charge in [-0.05, 0) is 23.3 Å². The molecule has 2 N–H and O–H groups in total. The molecule has 126 valence electrons. The zero-order valence-corrected chi connectivity index (χ0v) is 14.3. The summed E-state index contributed by atoms with van der Waals surface area (Å²) in [6, 6.07) is 16.8. The summed E-state index contributed by atoms with van der Waals surface area (Å²) in [7, 11) is 0. The second kappa shape index (κ2) is 8.33. The zero-order chi connectivity index (χ0) is 16.8. The van der Waals surface area contributed by atoms with Crippen molar-refractivity contribution in [2.24, 2.45) is 0 Å². The van der Waals surface area contributed by atoms with Crippen molar-refractivity contribution < 1.29 is 9.90 Å². The Morgan fingerprint density at radius 3 is 2.42 bits per heavy atom. The normalized spacial score (nSPS) is 16.5. The van der Waals surface area contributed by atoms with E-state index in [0.717, 1.165) is 19.6 Å². The first-order valence-electron chi connectivity index (χ1n) is 8.15. The maximum absolute atomic E-state index is 12.1. The molecule has 1 aliphatic rings. The number of benzene rings is 2. The van der Waals surface area contributed by atoms with Crippen molar-refractivity contribution in [3.63, 3.8) is 0 Å². The molecule has 0 bridgehead atoms. The second-order valence-corrected chi connectivity index (χ2v) is 7.11. The molecule has 2 aromatic rings. The fourth-order valence-electron chi connectivity index (χ4n) is 2.71. The van der Waals surface area contributed by atoms with Crippen LogP contribution in [0.4, 0.5) is 5.69 Å². The van der Waals surface area contributed by atoms with Gasteiger partial charge in [-0.2, -0.15) is 11.8 Å². The summed E-state index contributed by atoms with van der Waals surface area (Å²) in [5, 5.41) is 12.9. The van der Waals surface area contributed by atoms with Crippen LogP contribution in [0.2, 0.25) is 0 Å². The van der Waals surface area contributed by atoms with Crippen LogP contribution in [-0.2, 0) is 11.3 Å². The van der Waals surface area contributed by atoms with Crippen LogP contribution in [0.1, 0.15) is 17.2 Å². The molecule has 1 amide bonds. The molecule has 3 rings (SSSR count). The molecule has 24 heavy (non-hydrogen) atoms. The number of carbonyl (C=O) groups excluding carboxylic acids is 1. The fraction of sp³-hybridized carbons (Fsp3) is 0.316. The lowest BCUT2D eigenvalue weighted by Crippen LogP contribution is -2.31. The molecule has 1 heterocycles. The van der Waals surface area contributed by atoms with Gasteiger partial charge in [0.2, 0.25) is 0 Å². The lowest BCUT2D eigenvalue weighted by atomic mass is 10.1. The third-order valence-electron chi connectivity index (χ3n) is 4.10. The summed E-state index contributed by atoms with van der Waals surface area (Å²) >= 11 is 2.01. The minimum Gasteiger partial charge on any atom is -0.378 e. The predicted molar refractivity (Wildman–Crippen MR) is 99.1 cm³/mol. The number of aliphatic hydroxyl groups is 1. The van der Waals surface area contributed by atoms with Crippen LogP contribution in [0.5, 0.6) is 0 Å². The Balaban J connectivity index is 1.56. The molecule has 0 aliphatic carbocycles. The predicted octanol–water partition coefficient (Wildman–Crippen LogP) is 2.91. The Morgan fingerprint density at radius 1 is 1.08 bits per heavy atom. The topological polar surface area (TPSA) is 52.6 Å². The minimum atomic E-state index is -1.16. The SMILES string of the molecule is O=C(Nc1ccc(CN2CCSCC2)cc1)[C@@H](O)c1ccccc1. The van der Waals surface area contributed by atoms with Crippen LogP contribution < -0.4 is 5.32 Å². The summed E-state index contributed by atoms with van der Waals surface area (Å²) in [5.74, 6) is 1.99. The van der Waals surface area contributed by atoms with E-state index in [1.54, 1.807) is 24.3 Å². The second-order valence-electron chi connectivity index (χ2n) is 5.89. The van der Waals surface area contributed by atoms with E-state index >= 15 is 0 Å². The van der Waals surface area contributed by atoms with Gasteiger partial charge in [0.05, 0.1) is 0 Å². The standard InChI is InChI=1S/C19H22N2O2S/c22-18(16-4-2-1-3-5-16)19(23)20-17-8-6-15(7-9-17)14-21-10-12-24-13-11-21/h1-9,18,22H,10-14H2,(H,20,23)/t18-/m0/s1. The lowest BCUT2D eigenvalue weighted by Gasteiger charge is -2.26. The number of rotatable bonds is 5. The van der Waals surface area contributed by atoms with Crippen molar-refractivity contribution >= 4 is 23.4 Å². The highest BCUT2D eigenvalue weighted by atomic mass is 32.2. The van der Waals surface area contributed by atoms with Gasteiger partial charge >= 0.3 is 0 Å². The Morgan fingerprint density at radius 2 is 1.75 bits per heavy atom. The smallest absolute Gasteiger partial charge is 0.257 e. The van der Waals surface area contributed by atoms with Gasteiger partial charge < -0.3 is 10.4 Å². The van der Waals surface area contributed by atoms with Crippen LogP contribution in [-0.4, -0.2) is 40.5 Å². The summed E-state index contributed by atoms with van der Waals surface area (Å²) in [5.41, 5.74) is 2.53. The number of carbonyl (C=O) groups is 1. The largest absolute Gasteiger partial charge is 0.378 e. The Labute approximate surface area is 146 Å². The van der Waals surface area contributed by atoms with E-state index in [1.807, 2.05) is 42.1 Å². The van der Waals surface area contributed by atoms with E-state index in [9.17, 15) is 9.90 Å². The molecule has 5 heteroatoms. The van der Waals surface area contributed by atoms with Crippen molar-refractivity contribution in [1.29, 1.82) is 0 Å². The summed E-state index contributed by atoms with van der Waals surface area (Å²) in [6.07, 6.45) is -1.16. The average molecular weight is 342 g/mol. The molecule has 2 aromatic carbocycles. The lowest BCUT2D eigenvalue weighted by molar-refractivity contribution is -0.124. The molecule has 0 unspecified atom stereocenters. The molecule has 4 nitrogen and oxygen atoms in total. The highest BCUT2D eigenvalue weighted by Crippen LogP contribution is 2.18. The number of nitrogens with one attached hydrogen (secondary N) is 1. The van der Waals surface area contributed by atoms with E-state index in [2.05, 4.69) is 10.2 Å². The molecule has 0 aromatic heterocycles. The van der Waals surface area contributed by atoms with Gasteiger partial charge in [-0.15, -0.1) is 0 Å². The van der Waals surface area contributed by atoms with E-state index in [4.69, 9.17) is 0 Å². The average Bonchev–Trinajstić information content (AvgIpc) is 2.64. The molecule has 1 fully saturated rings. The quantitative estimate of drug-likeness (QED) is 0.877. The molecule has 1 saturated heterocycles. The third-order valence-corrected chi connectivity index (χ3v) is 5.04. The molecule has 1 aliphatic heterocycles. The molecular formula is C19H22N2O2S. The number of nitrogens with zero attached hydrogens (tertiary/aromatic N) is 1. The van der Waals surface area contributed by atoms with Gasteiger partial charge in [0, 0.05) is 36.8 Å². The third kappa shape index (κ3) is 4.60. The van der Waals surface area contributed by atoms with E-state index < -0.39 is 12.0 Å². The van der Waals surface area contributed by atoms with E-state index in [1.165, 1.54) is 17.1 Å². The van der Waals surface area contributed by atoms with Crippen LogP contribution in [0.3, 0.4) is 0 Å². The van der Waals surface area contributed by atoms with Gasteiger partial charge in [-0.1, -0.05) is 42.5 Å². The Hall–Kier alpha value is -1.82. The highest BCUT2D eigenvalue weighted by Gasteiger charge is 2.17. The van der Waals surface area contributed by atoms with Crippen molar-refractivity contribution in [3.8, 4) is 0 Å². The van der Waals surface area contributed by atoms with Crippen LogP contribution >= 0.6 is 11.8 Å². The van der Waals surface area contributed by atoms with Gasteiger partial charge in [0.1, 0.15) is 0 Å². The maximum Gasteiger partial charge on any atom is 0.257 e. The first-order chi connectivity index (χ1) is 11.7. The van der Waals surface area contributed by atoms with Crippen LogP contribution in [0.25, 0.3) is 0 Å². The summed E-state index contributed by atoms with van der Waals surface area (Å²) in [6.45, 7) is 3.21. The van der Waals surface area contributed by atoms with Crippen LogP contribution in [0.15, 0.2) is 54.6 Å². The number of thioether (sulfide) groups is 1. The van der Waals surface area contributed by atoms with Gasteiger partial charge in [-0.25, -0.2) is 0 Å². The first kappa shape index (κ1) is 17.0.